The molecule has 1 aliphatic heterocycles. The SMILES string of the molecule is CC(Nc1ncnc2c1oc1ccccc12)c1ccc2c(c1)OCO2. The van der Waals surface area contributed by atoms with Crippen LogP contribution in [0.1, 0.15) is 18.5 Å². The van der Waals surface area contributed by atoms with E-state index in [4.69, 9.17) is 13.9 Å². The molecule has 25 heavy (non-hydrogen) atoms. The van der Waals surface area contributed by atoms with Crippen LogP contribution in [0.2, 0.25) is 0 Å². The Morgan fingerprint density at radius 2 is 1.92 bits per heavy atom. The van der Waals surface area contributed by atoms with E-state index in [0.717, 1.165) is 33.5 Å². The van der Waals surface area contributed by atoms with Crippen molar-refractivity contribution in [1.29, 1.82) is 0 Å². The molecule has 2 aromatic heterocycles. The average Bonchev–Trinajstić information content (AvgIpc) is 3.26. The van der Waals surface area contributed by atoms with Crippen LogP contribution in [-0.4, -0.2) is 16.8 Å². The van der Waals surface area contributed by atoms with Gasteiger partial charge in [0, 0.05) is 5.39 Å². The molecule has 2 aromatic carbocycles. The summed E-state index contributed by atoms with van der Waals surface area (Å²) in [5.74, 6) is 2.21. The lowest BCUT2D eigenvalue weighted by Gasteiger charge is -2.15. The lowest BCUT2D eigenvalue weighted by atomic mass is 10.1. The highest BCUT2D eigenvalue weighted by molar-refractivity contribution is 6.05. The van der Waals surface area contributed by atoms with Gasteiger partial charge in [-0.3, -0.25) is 0 Å². The van der Waals surface area contributed by atoms with E-state index in [9.17, 15) is 0 Å². The molecule has 0 saturated carbocycles. The minimum Gasteiger partial charge on any atom is -0.454 e. The van der Waals surface area contributed by atoms with Crippen molar-refractivity contribution < 1.29 is 13.9 Å². The van der Waals surface area contributed by atoms with Gasteiger partial charge >= 0.3 is 0 Å². The fraction of sp³-hybridized carbons (Fsp3) is 0.158. The van der Waals surface area contributed by atoms with Crippen molar-refractivity contribution >= 4 is 27.9 Å². The van der Waals surface area contributed by atoms with Gasteiger partial charge in [0.05, 0.1) is 6.04 Å². The number of hydrogen-bond acceptors (Lipinski definition) is 6. The van der Waals surface area contributed by atoms with Crippen molar-refractivity contribution in [1.82, 2.24) is 9.97 Å². The molecule has 0 bridgehead atoms. The first-order valence-corrected chi connectivity index (χ1v) is 8.08. The lowest BCUT2D eigenvalue weighted by molar-refractivity contribution is 0.174. The minimum absolute atomic E-state index is 0.0146. The molecule has 124 valence electrons. The van der Waals surface area contributed by atoms with Crippen LogP contribution in [0.5, 0.6) is 11.5 Å². The number of nitrogens with zero attached hydrogens (tertiary/aromatic N) is 2. The Morgan fingerprint density at radius 1 is 1.04 bits per heavy atom. The van der Waals surface area contributed by atoms with Gasteiger partial charge in [0.25, 0.3) is 0 Å². The molecule has 3 heterocycles. The van der Waals surface area contributed by atoms with Crippen molar-refractivity contribution in [3.8, 4) is 11.5 Å². The van der Waals surface area contributed by atoms with E-state index in [0.29, 0.717) is 11.4 Å². The van der Waals surface area contributed by atoms with Gasteiger partial charge in [-0.1, -0.05) is 18.2 Å². The van der Waals surface area contributed by atoms with Gasteiger partial charge in [-0.05, 0) is 36.8 Å². The van der Waals surface area contributed by atoms with Crippen LogP contribution in [0.3, 0.4) is 0 Å². The number of hydrogen-bond donors (Lipinski definition) is 1. The molecule has 1 atom stereocenters. The third kappa shape index (κ3) is 2.26. The molecule has 6 nitrogen and oxygen atoms in total. The summed E-state index contributed by atoms with van der Waals surface area (Å²) in [4.78, 5) is 8.74. The van der Waals surface area contributed by atoms with Gasteiger partial charge in [-0.25, -0.2) is 9.97 Å². The number of ether oxygens (including phenoxy) is 2. The Hall–Kier alpha value is -3.28. The van der Waals surface area contributed by atoms with E-state index in [2.05, 4.69) is 22.2 Å². The summed E-state index contributed by atoms with van der Waals surface area (Å²) in [6.07, 6.45) is 1.55. The summed E-state index contributed by atoms with van der Waals surface area (Å²) in [5.41, 5.74) is 3.35. The quantitative estimate of drug-likeness (QED) is 0.603. The molecule has 1 unspecified atom stereocenters. The molecule has 0 spiro atoms. The van der Waals surface area contributed by atoms with Crippen LogP contribution in [0.4, 0.5) is 5.82 Å². The maximum atomic E-state index is 5.96. The van der Waals surface area contributed by atoms with Gasteiger partial charge in [-0.2, -0.15) is 0 Å². The summed E-state index contributed by atoms with van der Waals surface area (Å²) in [6, 6.07) is 13.8. The van der Waals surface area contributed by atoms with Crippen molar-refractivity contribution in [3.63, 3.8) is 0 Å². The van der Waals surface area contributed by atoms with Crippen LogP contribution >= 0.6 is 0 Å². The fourth-order valence-corrected chi connectivity index (χ4v) is 3.10. The molecule has 5 rings (SSSR count). The second-order valence-electron chi connectivity index (χ2n) is 5.98. The molecular formula is C19H15N3O3. The predicted octanol–water partition coefficient (Wildman–Crippen LogP) is 4.28. The van der Waals surface area contributed by atoms with Crippen LogP contribution in [-0.2, 0) is 0 Å². The van der Waals surface area contributed by atoms with E-state index in [-0.39, 0.29) is 12.8 Å². The molecule has 1 N–H and O–H groups in total. The van der Waals surface area contributed by atoms with E-state index >= 15 is 0 Å². The van der Waals surface area contributed by atoms with E-state index < -0.39 is 0 Å². The minimum atomic E-state index is 0.0146. The third-order valence-electron chi connectivity index (χ3n) is 4.41. The van der Waals surface area contributed by atoms with Gasteiger partial charge in [0.1, 0.15) is 17.4 Å². The van der Waals surface area contributed by atoms with Crippen molar-refractivity contribution in [2.75, 3.05) is 12.1 Å². The summed E-state index contributed by atoms with van der Waals surface area (Å²) >= 11 is 0. The number of fused-ring (bicyclic) bond motifs is 4. The Kier molecular flexibility index (Phi) is 3.03. The number of furan rings is 1. The Bertz CT molecular complexity index is 1090. The molecule has 0 amide bonds. The highest BCUT2D eigenvalue weighted by Gasteiger charge is 2.18. The topological polar surface area (TPSA) is 69.4 Å². The number of nitrogens with one attached hydrogen (secondary N) is 1. The van der Waals surface area contributed by atoms with Gasteiger partial charge < -0.3 is 19.2 Å². The van der Waals surface area contributed by atoms with Crippen LogP contribution < -0.4 is 14.8 Å². The lowest BCUT2D eigenvalue weighted by Crippen LogP contribution is -2.08. The first-order valence-electron chi connectivity index (χ1n) is 8.08. The summed E-state index contributed by atoms with van der Waals surface area (Å²) in [5, 5.41) is 4.40. The van der Waals surface area contributed by atoms with Crippen molar-refractivity contribution in [2.24, 2.45) is 0 Å². The smallest absolute Gasteiger partial charge is 0.231 e. The zero-order valence-corrected chi connectivity index (χ0v) is 13.5. The van der Waals surface area contributed by atoms with Crippen molar-refractivity contribution in [3.05, 3.63) is 54.4 Å². The molecule has 1 aliphatic rings. The highest BCUT2D eigenvalue weighted by Crippen LogP contribution is 2.36. The fourth-order valence-electron chi connectivity index (χ4n) is 3.10. The Morgan fingerprint density at radius 3 is 2.88 bits per heavy atom. The van der Waals surface area contributed by atoms with Gasteiger partial charge in [0.2, 0.25) is 6.79 Å². The first-order chi connectivity index (χ1) is 12.3. The summed E-state index contributed by atoms with van der Waals surface area (Å²) in [7, 11) is 0. The predicted molar refractivity (Wildman–Crippen MR) is 93.9 cm³/mol. The molecule has 6 heteroatoms. The van der Waals surface area contributed by atoms with Gasteiger partial charge in [-0.15, -0.1) is 0 Å². The zero-order chi connectivity index (χ0) is 16.8. The second kappa shape index (κ2) is 5.37. The number of rotatable bonds is 3. The monoisotopic (exact) mass is 333 g/mol. The zero-order valence-electron chi connectivity index (χ0n) is 13.5. The van der Waals surface area contributed by atoms with Gasteiger partial charge in [0.15, 0.2) is 22.9 Å². The molecule has 4 aromatic rings. The molecule has 0 saturated heterocycles. The van der Waals surface area contributed by atoms with Crippen LogP contribution in [0, 0.1) is 0 Å². The summed E-state index contributed by atoms with van der Waals surface area (Å²) < 4.78 is 16.8. The molecule has 0 aliphatic carbocycles. The number of para-hydroxylation sites is 1. The number of benzene rings is 2. The summed E-state index contributed by atoms with van der Waals surface area (Å²) in [6.45, 7) is 2.33. The highest BCUT2D eigenvalue weighted by atomic mass is 16.7. The van der Waals surface area contributed by atoms with Crippen LogP contribution in [0.25, 0.3) is 22.1 Å². The van der Waals surface area contributed by atoms with Crippen molar-refractivity contribution in [2.45, 2.75) is 13.0 Å². The molecule has 0 fully saturated rings. The Balaban J connectivity index is 1.53. The third-order valence-corrected chi connectivity index (χ3v) is 4.41. The number of anilines is 1. The maximum Gasteiger partial charge on any atom is 0.231 e. The van der Waals surface area contributed by atoms with E-state index in [1.165, 1.54) is 0 Å². The van der Waals surface area contributed by atoms with Crippen LogP contribution in [0.15, 0.2) is 53.2 Å². The largest absolute Gasteiger partial charge is 0.454 e. The molecular weight excluding hydrogens is 318 g/mol. The second-order valence-corrected chi connectivity index (χ2v) is 5.98. The average molecular weight is 333 g/mol. The normalized spacial score (nSPS) is 14.1. The van der Waals surface area contributed by atoms with E-state index in [1.54, 1.807) is 6.33 Å². The molecule has 0 radical (unpaired) electrons. The number of aromatic nitrogens is 2. The van der Waals surface area contributed by atoms with E-state index in [1.807, 2.05) is 42.5 Å². The standard InChI is InChI=1S/C19H15N3O3/c1-11(12-6-7-15-16(8-12)24-10-23-15)22-19-18-17(20-9-21-19)13-4-2-3-5-14(13)25-18/h2-9,11H,10H2,1H3,(H,20,21,22). The first kappa shape index (κ1) is 14.1. The maximum absolute atomic E-state index is 5.96. The Labute approximate surface area is 143 Å².